The number of rotatable bonds is 4. The second kappa shape index (κ2) is 6.68. The number of nitrogens with one attached hydrogen (secondary N) is 1. The van der Waals surface area contributed by atoms with Crippen LogP contribution in [0.2, 0.25) is 0 Å². The highest BCUT2D eigenvalue weighted by Gasteiger charge is 2.19. The first-order valence-electron chi connectivity index (χ1n) is 7.84. The SMILES string of the molecule is COc1ccc(-c2nc(C)c(C(=O)Nc3c(C)nn(C)c3C)s2)cc1. The number of anilines is 1. The van der Waals surface area contributed by atoms with Gasteiger partial charge in [0.2, 0.25) is 0 Å². The molecule has 0 fully saturated rings. The quantitative estimate of drug-likeness (QED) is 0.773. The van der Waals surface area contributed by atoms with Gasteiger partial charge in [0.05, 0.1) is 29.9 Å². The van der Waals surface area contributed by atoms with Gasteiger partial charge in [0, 0.05) is 12.6 Å². The summed E-state index contributed by atoms with van der Waals surface area (Å²) >= 11 is 1.38. The molecule has 0 aliphatic carbocycles. The van der Waals surface area contributed by atoms with Crippen molar-refractivity contribution >= 4 is 22.9 Å². The van der Waals surface area contributed by atoms with E-state index in [1.165, 1.54) is 11.3 Å². The Kier molecular flexibility index (Phi) is 4.59. The molecule has 0 saturated heterocycles. The highest BCUT2D eigenvalue weighted by molar-refractivity contribution is 7.17. The van der Waals surface area contributed by atoms with Crippen molar-refractivity contribution in [2.45, 2.75) is 20.8 Å². The Hall–Kier alpha value is -2.67. The molecule has 0 aliphatic heterocycles. The van der Waals surface area contributed by atoms with Crippen LogP contribution in [0.15, 0.2) is 24.3 Å². The van der Waals surface area contributed by atoms with E-state index < -0.39 is 0 Å². The molecule has 0 atom stereocenters. The smallest absolute Gasteiger partial charge is 0.267 e. The molecule has 1 aromatic carbocycles. The molecule has 0 radical (unpaired) electrons. The summed E-state index contributed by atoms with van der Waals surface area (Å²) in [4.78, 5) is 17.8. The van der Waals surface area contributed by atoms with E-state index in [0.717, 1.165) is 33.4 Å². The summed E-state index contributed by atoms with van der Waals surface area (Å²) in [5, 5.41) is 8.10. The van der Waals surface area contributed by atoms with Gasteiger partial charge < -0.3 is 10.1 Å². The predicted molar refractivity (Wildman–Crippen MR) is 99.5 cm³/mol. The number of aryl methyl sites for hydroxylation is 3. The molecule has 1 amide bonds. The van der Waals surface area contributed by atoms with Gasteiger partial charge in [-0.15, -0.1) is 11.3 Å². The Labute approximate surface area is 150 Å². The molecule has 25 heavy (non-hydrogen) atoms. The normalized spacial score (nSPS) is 10.8. The zero-order valence-corrected chi connectivity index (χ0v) is 15.7. The standard InChI is InChI=1S/C18H20N4O2S/c1-10-15(12(3)22(4)21-10)20-17(23)16-11(2)19-18(25-16)13-6-8-14(24-5)9-7-13/h6-9H,1-5H3,(H,20,23). The molecule has 0 unspecified atom stereocenters. The van der Waals surface area contributed by atoms with Crippen molar-refractivity contribution in [3.63, 3.8) is 0 Å². The third kappa shape index (κ3) is 3.28. The van der Waals surface area contributed by atoms with Crippen molar-refractivity contribution in [1.82, 2.24) is 14.8 Å². The summed E-state index contributed by atoms with van der Waals surface area (Å²) in [6, 6.07) is 7.64. The van der Waals surface area contributed by atoms with E-state index in [1.54, 1.807) is 11.8 Å². The molecule has 2 heterocycles. The Morgan fingerprint density at radius 1 is 1.16 bits per heavy atom. The number of thiazole rings is 1. The number of ether oxygens (including phenoxy) is 1. The van der Waals surface area contributed by atoms with Gasteiger partial charge in [-0.05, 0) is 45.0 Å². The maximum absolute atomic E-state index is 12.7. The third-order valence-corrected chi connectivity index (χ3v) is 5.29. The Balaban J connectivity index is 1.87. The van der Waals surface area contributed by atoms with Gasteiger partial charge in [0.15, 0.2) is 0 Å². The summed E-state index contributed by atoms with van der Waals surface area (Å²) in [7, 11) is 3.49. The van der Waals surface area contributed by atoms with Crippen molar-refractivity contribution in [3.8, 4) is 16.3 Å². The number of hydrogen-bond donors (Lipinski definition) is 1. The van der Waals surface area contributed by atoms with Gasteiger partial charge in [-0.3, -0.25) is 9.48 Å². The topological polar surface area (TPSA) is 69.0 Å². The molecule has 3 rings (SSSR count). The molecule has 2 aromatic heterocycles. The predicted octanol–water partition coefficient (Wildman–Crippen LogP) is 3.73. The van der Waals surface area contributed by atoms with Gasteiger partial charge in [-0.2, -0.15) is 5.10 Å². The van der Waals surface area contributed by atoms with Crippen molar-refractivity contribution in [2.24, 2.45) is 7.05 Å². The lowest BCUT2D eigenvalue weighted by molar-refractivity contribution is 0.102. The number of carbonyl (C=O) groups is 1. The molecule has 7 heteroatoms. The lowest BCUT2D eigenvalue weighted by Crippen LogP contribution is -2.12. The highest BCUT2D eigenvalue weighted by Crippen LogP contribution is 2.30. The van der Waals surface area contributed by atoms with Crippen molar-refractivity contribution in [1.29, 1.82) is 0 Å². The van der Waals surface area contributed by atoms with Gasteiger partial charge in [0.1, 0.15) is 15.6 Å². The van der Waals surface area contributed by atoms with Crippen molar-refractivity contribution in [2.75, 3.05) is 12.4 Å². The molecular weight excluding hydrogens is 336 g/mol. The van der Waals surface area contributed by atoms with Crippen LogP contribution in [0.25, 0.3) is 10.6 Å². The third-order valence-electron chi connectivity index (χ3n) is 4.09. The summed E-state index contributed by atoms with van der Waals surface area (Å²) in [6.45, 7) is 5.66. The highest BCUT2D eigenvalue weighted by atomic mass is 32.1. The van der Waals surface area contributed by atoms with E-state index in [0.29, 0.717) is 10.6 Å². The number of methoxy groups -OCH3 is 1. The molecule has 3 aromatic rings. The Morgan fingerprint density at radius 2 is 1.84 bits per heavy atom. The number of amides is 1. The number of aromatic nitrogens is 3. The number of carbonyl (C=O) groups excluding carboxylic acids is 1. The minimum Gasteiger partial charge on any atom is -0.497 e. The maximum atomic E-state index is 12.7. The summed E-state index contributed by atoms with van der Waals surface area (Å²) in [5.41, 5.74) is 4.15. The zero-order chi connectivity index (χ0) is 18.1. The molecular formula is C18H20N4O2S. The molecule has 0 saturated carbocycles. The van der Waals surface area contributed by atoms with Gasteiger partial charge in [-0.1, -0.05) is 0 Å². The van der Waals surface area contributed by atoms with Gasteiger partial charge in [0.25, 0.3) is 5.91 Å². The van der Waals surface area contributed by atoms with Crippen LogP contribution < -0.4 is 10.1 Å². The lowest BCUT2D eigenvalue weighted by atomic mass is 10.2. The maximum Gasteiger partial charge on any atom is 0.267 e. The molecule has 0 aliphatic rings. The number of benzene rings is 1. The largest absolute Gasteiger partial charge is 0.497 e. The molecule has 130 valence electrons. The zero-order valence-electron chi connectivity index (χ0n) is 14.9. The first-order valence-corrected chi connectivity index (χ1v) is 8.65. The molecule has 1 N–H and O–H groups in total. The van der Waals surface area contributed by atoms with Gasteiger partial charge in [-0.25, -0.2) is 4.98 Å². The van der Waals surface area contributed by atoms with Crippen LogP contribution >= 0.6 is 11.3 Å². The minimum atomic E-state index is -0.158. The van der Waals surface area contributed by atoms with Crippen molar-refractivity contribution in [3.05, 3.63) is 46.2 Å². The second-order valence-corrected chi connectivity index (χ2v) is 6.78. The van der Waals surface area contributed by atoms with Crippen LogP contribution in [0.4, 0.5) is 5.69 Å². The summed E-state index contributed by atoms with van der Waals surface area (Å²) in [6.07, 6.45) is 0. The van der Waals surface area contributed by atoms with E-state index >= 15 is 0 Å². The van der Waals surface area contributed by atoms with E-state index in [-0.39, 0.29) is 5.91 Å². The number of nitrogens with zero attached hydrogens (tertiary/aromatic N) is 3. The number of hydrogen-bond acceptors (Lipinski definition) is 5. The molecule has 0 bridgehead atoms. The summed E-state index contributed by atoms with van der Waals surface area (Å²) in [5.74, 6) is 0.631. The van der Waals surface area contributed by atoms with Crippen LogP contribution in [-0.2, 0) is 7.05 Å². The average Bonchev–Trinajstić information content (AvgIpc) is 3.10. The van der Waals surface area contributed by atoms with Crippen molar-refractivity contribution < 1.29 is 9.53 Å². The summed E-state index contributed by atoms with van der Waals surface area (Å²) < 4.78 is 6.93. The lowest BCUT2D eigenvalue weighted by Gasteiger charge is -2.04. The van der Waals surface area contributed by atoms with E-state index in [4.69, 9.17) is 4.74 Å². The first kappa shape index (κ1) is 17.2. The molecule has 0 spiro atoms. The minimum absolute atomic E-state index is 0.158. The van der Waals surface area contributed by atoms with Crippen LogP contribution in [0, 0.1) is 20.8 Å². The monoisotopic (exact) mass is 356 g/mol. The average molecular weight is 356 g/mol. The fourth-order valence-corrected chi connectivity index (χ4v) is 3.56. The Morgan fingerprint density at radius 3 is 2.40 bits per heavy atom. The van der Waals surface area contributed by atoms with E-state index in [1.807, 2.05) is 52.1 Å². The molecule has 6 nitrogen and oxygen atoms in total. The fourth-order valence-electron chi connectivity index (χ4n) is 2.59. The van der Waals surface area contributed by atoms with Crippen LogP contribution in [0.5, 0.6) is 5.75 Å². The fraction of sp³-hybridized carbons (Fsp3) is 0.278. The second-order valence-electron chi connectivity index (χ2n) is 5.79. The van der Waals surface area contributed by atoms with E-state index in [2.05, 4.69) is 15.4 Å². The van der Waals surface area contributed by atoms with E-state index in [9.17, 15) is 4.79 Å². The van der Waals surface area contributed by atoms with Gasteiger partial charge >= 0.3 is 0 Å². The Bertz CT molecular complexity index is 925. The van der Waals surface area contributed by atoms with Crippen LogP contribution in [0.3, 0.4) is 0 Å². The van der Waals surface area contributed by atoms with Crippen LogP contribution in [0.1, 0.15) is 26.8 Å². The first-order chi connectivity index (χ1) is 11.9. The van der Waals surface area contributed by atoms with Crippen LogP contribution in [-0.4, -0.2) is 27.8 Å².